The van der Waals surface area contributed by atoms with Crippen LogP contribution in [0.25, 0.3) is 0 Å². The van der Waals surface area contributed by atoms with Gasteiger partial charge in [-0.3, -0.25) is 19.2 Å². The van der Waals surface area contributed by atoms with Crippen LogP contribution >= 0.6 is 0 Å². The second kappa shape index (κ2) is 15.0. The second-order valence-corrected chi connectivity index (χ2v) is 10.7. The molecule has 2 aromatic carbocycles. The minimum absolute atomic E-state index is 0.0157. The number of benzene rings is 2. The van der Waals surface area contributed by atoms with Gasteiger partial charge in [-0.1, -0.05) is 44.2 Å². The van der Waals surface area contributed by atoms with Crippen LogP contribution in [-0.2, 0) is 38.8 Å². The summed E-state index contributed by atoms with van der Waals surface area (Å²) in [6.07, 6.45) is 4.53. The molecule has 4 rings (SSSR count). The van der Waals surface area contributed by atoms with E-state index in [0.717, 1.165) is 17.5 Å². The molecule has 0 bridgehead atoms. The molecule has 1 aliphatic rings. The topological polar surface area (TPSA) is 137 Å². The van der Waals surface area contributed by atoms with E-state index in [1.807, 2.05) is 44.2 Å². The highest BCUT2D eigenvalue weighted by atomic mass is 16.5. The molecule has 43 heavy (non-hydrogen) atoms. The van der Waals surface area contributed by atoms with Gasteiger partial charge >= 0.3 is 5.97 Å². The van der Waals surface area contributed by atoms with E-state index in [0.29, 0.717) is 49.7 Å². The summed E-state index contributed by atoms with van der Waals surface area (Å²) in [6, 6.07) is 14.2. The Balaban J connectivity index is 1.56. The Kier molecular flexibility index (Phi) is 10.9. The van der Waals surface area contributed by atoms with Crippen LogP contribution < -0.4 is 10.6 Å². The molecule has 0 spiro atoms. The van der Waals surface area contributed by atoms with Gasteiger partial charge in [0.05, 0.1) is 20.1 Å². The first-order valence-electron chi connectivity index (χ1n) is 14.6. The third-order valence-electron chi connectivity index (χ3n) is 7.61. The smallest absolute Gasteiger partial charge is 0.308 e. The first-order valence-corrected chi connectivity index (χ1v) is 14.6. The molecule has 0 saturated carbocycles. The van der Waals surface area contributed by atoms with Gasteiger partial charge in [-0.15, -0.1) is 0 Å². The molecule has 2 heterocycles. The van der Waals surface area contributed by atoms with E-state index in [-0.39, 0.29) is 36.6 Å². The van der Waals surface area contributed by atoms with Gasteiger partial charge < -0.3 is 30.2 Å². The SMILES string of the molecule is CC[C@H](C)C(=O)NCCCN1Cc2cc(C(=O)N(Cc3ccccc3)Cc3ncc[nH]3)ccc2N[C@@H](CC(=O)OC)C1=O. The van der Waals surface area contributed by atoms with Crippen LogP contribution in [-0.4, -0.2) is 69.7 Å². The van der Waals surface area contributed by atoms with E-state index < -0.39 is 12.0 Å². The van der Waals surface area contributed by atoms with E-state index >= 15 is 0 Å². The number of ether oxygens (including phenoxy) is 1. The fourth-order valence-corrected chi connectivity index (χ4v) is 4.92. The zero-order valence-corrected chi connectivity index (χ0v) is 25.0. The van der Waals surface area contributed by atoms with Crippen molar-refractivity contribution in [2.45, 2.75) is 58.8 Å². The molecule has 228 valence electrons. The van der Waals surface area contributed by atoms with Gasteiger partial charge in [-0.05, 0) is 42.2 Å². The third-order valence-corrected chi connectivity index (χ3v) is 7.61. The molecule has 11 nitrogen and oxygen atoms in total. The van der Waals surface area contributed by atoms with Gasteiger partial charge in [-0.25, -0.2) is 4.98 Å². The average Bonchev–Trinajstić information content (AvgIpc) is 3.50. The Bertz CT molecular complexity index is 1390. The normalized spacial score (nSPS) is 15.1. The number of nitrogens with zero attached hydrogens (tertiary/aromatic N) is 3. The van der Waals surface area contributed by atoms with Crippen molar-refractivity contribution in [1.29, 1.82) is 0 Å². The maximum atomic E-state index is 13.9. The molecule has 2 atom stereocenters. The summed E-state index contributed by atoms with van der Waals surface area (Å²) < 4.78 is 4.84. The predicted octanol–water partition coefficient (Wildman–Crippen LogP) is 3.49. The molecule has 0 radical (unpaired) electrons. The Labute approximate surface area is 252 Å². The molecule has 0 saturated heterocycles. The first kappa shape index (κ1) is 31.3. The summed E-state index contributed by atoms with van der Waals surface area (Å²) in [7, 11) is 1.29. The van der Waals surface area contributed by atoms with Crippen molar-refractivity contribution in [3.05, 3.63) is 83.4 Å². The highest BCUT2D eigenvalue weighted by Gasteiger charge is 2.32. The quantitative estimate of drug-likeness (QED) is 0.205. The third kappa shape index (κ3) is 8.43. The van der Waals surface area contributed by atoms with E-state index in [9.17, 15) is 19.2 Å². The summed E-state index contributed by atoms with van der Waals surface area (Å²) >= 11 is 0. The number of amides is 3. The first-order chi connectivity index (χ1) is 20.8. The zero-order chi connectivity index (χ0) is 30.8. The van der Waals surface area contributed by atoms with Gasteiger partial charge in [0.15, 0.2) is 0 Å². The Morgan fingerprint density at radius 2 is 1.95 bits per heavy atom. The van der Waals surface area contributed by atoms with E-state index in [4.69, 9.17) is 4.74 Å². The number of esters is 1. The van der Waals surface area contributed by atoms with Gasteiger partial charge in [0.1, 0.15) is 11.9 Å². The average molecular weight is 589 g/mol. The number of aromatic amines is 1. The lowest BCUT2D eigenvalue weighted by Crippen LogP contribution is -2.43. The maximum absolute atomic E-state index is 13.9. The summed E-state index contributed by atoms with van der Waals surface area (Å²) in [5.41, 5.74) is 2.89. The van der Waals surface area contributed by atoms with Crippen molar-refractivity contribution in [2.75, 3.05) is 25.5 Å². The van der Waals surface area contributed by atoms with Crippen molar-refractivity contribution in [3.8, 4) is 0 Å². The van der Waals surface area contributed by atoms with E-state index in [1.54, 1.807) is 40.4 Å². The van der Waals surface area contributed by atoms with E-state index in [1.165, 1.54) is 7.11 Å². The molecule has 0 unspecified atom stereocenters. The highest BCUT2D eigenvalue weighted by molar-refractivity contribution is 5.96. The minimum atomic E-state index is -0.821. The lowest BCUT2D eigenvalue weighted by molar-refractivity contribution is -0.144. The number of nitrogens with one attached hydrogen (secondary N) is 3. The molecule has 0 fully saturated rings. The largest absolute Gasteiger partial charge is 0.469 e. The number of anilines is 1. The number of methoxy groups -OCH3 is 1. The lowest BCUT2D eigenvalue weighted by Gasteiger charge is -2.24. The Hall–Kier alpha value is -4.67. The van der Waals surface area contributed by atoms with Crippen molar-refractivity contribution >= 4 is 29.4 Å². The fourth-order valence-electron chi connectivity index (χ4n) is 4.92. The van der Waals surface area contributed by atoms with Crippen LogP contribution in [0, 0.1) is 5.92 Å². The minimum Gasteiger partial charge on any atom is -0.469 e. The molecule has 3 aromatic rings. The number of imidazole rings is 1. The van der Waals surface area contributed by atoms with Crippen molar-refractivity contribution in [1.82, 2.24) is 25.1 Å². The van der Waals surface area contributed by atoms with Crippen molar-refractivity contribution < 1.29 is 23.9 Å². The highest BCUT2D eigenvalue weighted by Crippen LogP contribution is 2.27. The number of hydrogen-bond donors (Lipinski definition) is 3. The van der Waals surface area contributed by atoms with Crippen LogP contribution in [0.4, 0.5) is 5.69 Å². The number of H-pyrrole nitrogens is 1. The molecule has 11 heteroatoms. The summed E-state index contributed by atoms with van der Waals surface area (Å²) in [6.45, 7) is 5.57. The van der Waals surface area contributed by atoms with Crippen LogP contribution in [0.15, 0.2) is 60.9 Å². The van der Waals surface area contributed by atoms with Crippen LogP contribution in [0.3, 0.4) is 0 Å². The molecule has 3 amide bonds. The van der Waals surface area contributed by atoms with Gasteiger partial charge in [0.25, 0.3) is 5.91 Å². The number of carbonyl (C=O) groups is 4. The zero-order valence-electron chi connectivity index (χ0n) is 25.0. The number of hydrogen-bond acceptors (Lipinski definition) is 7. The summed E-state index contributed by atoms with van der Waals surface area (Å²) in [5.74, 6) is -0.348. The molecule has 1 aliphatic heterocycles. The van der Waals surface area contributed by atoms with Crippen molar-refractivity contribution in [3.63, 3.8) is 0 Å². The number of carbonyl (C=O) groups excluding carboxylic acids is 4. The molecular weight excluding hydrogens is 548 g/mol. The number of rotatable bonds is 13. The monoisotopic (exact) mass is 588 g/mol. The molecule has 3 N–H and O–H groups in total. The maximum Gasteiger partial charge on any atom is 0.308 e. The lowest BCUT2D eigenvalue weighted by atomic mass is 10.1. The van der Waals surface area contributed by atoms with Crippen LogP contribution in [0.5, 0.6) is 0 Å². The Morgan fingerprint density at radius 3 is 2.65 bits per heavy atom. The van der Waals surface area contributed by atoms with Crippen LogP contribution in [0.2, 0.25) is 0 Å². The Morgan fingerprint density at radius 1 is 1.16 bits per heavy atom. The summed E-state index contributed by atoms with van der Waals surface area (Å²) in [4.78, 5) is 62.5. The second-order valence-electron chi connectivity index (χ2n) is 10.7. The predicted molar refractivity (Wildman–Crippen MR) is 162 cm³/mol. The van der Waals surface area contributed by atoms with Gasteiger partial charge in [0, 0.05) is 55.7 Å². The standard InChI is InChI=1S/C32H40N6O5/c1-4-22(2)30(40)35-13-8-16-37-20-25-17-24(11-12-26(25)36-27(32(37)42)18-29(39)43-3)31(41)38(21-28-33-14-15-34-28)19-23-9-6-5-7-10-23/h5-7,9-12,14-15,17,22,27,36H,4,8,13,16,18-21H2,1-3H3,(H,33,34)(H,35,40)/t22-,27-/m0/s1. The molecular formula is C32H40N6O5. The molecule has 1 aromatic heterocycles. The van der Waals surface area contributed by atoms with Crippen LogP contribution in [0.1, 0.15) is 60.4 Å². The van der Waals surface area contributed by atoms with Gasteiger partial charge in [0.2, 0.25) is 11.8 Å². The van der Waals surface area contributed by atoms with E-state index in [2.05, 4.69) is 20.6 Å². The van der Waals surface area contributed by atoms with Gasteiger partial charge in [-0.2, -0.15) is 0 Å². The van der Waals surface area contributed by atoms with Crippen molar-refractivity contribution in [2.24, 2.45) is 5.92 Å². The summed E-state index contributed by atoms with van der Waals surface area (Å²) in [5, 5.41) is 6.13. The fraction of sp³-hybridized carbons (Fsp3) is 0.406. The number of aromatic nitrogens is 2. The molecule has 0 aliphatic carbocycles. The number of fused-ring (bicyclic) bond motifs is 1.